The fourth-order valence-electron chi connectivity index (χ4n) is 1.10. The maximum absolute atomic E-state index is 8.54. The highest BCUT2D eigenvalue weighted by Gasteiger charge is 2.01. The third-order valence-corrected chi connectivity index (χ3v) is 1.71. The minimum absolute atomic E-state index is 0.304. The van der Waals surface area contributed by atoms with Gasteiger partial charge >= 0.3 is 0 Å². The number of hydrogen-bond acceptors (Lipinski definition) is 2. The normalized spacial score (nSPS) is 18.7. The molecule has 0 radical (unpaired) electrons. The number of hydrogen-bond donors (Lipinski definition) is 1. The molecule has 0 atom stereocenters. The van der Waals surface area contributed by atoms with Crippen molar-refractivity contribution >= 4 is 0 Å². The summed E-state index contributed by atoms with van der Waals surface area (Å²) in [6.45, 7) is 1.93. The van der Waals surface area contributed by atoms with Crippen molar-refractivity contribution in [1.82, 2.24) is 0 Å². The molecule has 0 unspecified atom stereocenters. The summed E-state index contributed by atoms with van der Waals surface area (Å²) < 4.78 is 5.14. The van der Waals surface area contributed by atoms with Crippen molar-refractivity contribution in [2.24, 2.45) is 0 Å². The Morgan fingerprint density at radius 2 is 2.50 bits per heavy atom. The summed E-state index contributed by atoms with van der Waals surface area (Å²) in [7, 11) is 0. The molecule has 1 aliphatic heterocycles. The lowest BCUT2D eigenvalue weighted by molar-refractivity contribution is 0.152. The van der Waals surface area contributed by atoms with Gasteiger partial charge in [-0.3, -0.25) is 0 Å². The van der Waals surface area contributed by atoms with Gasteiger partial charge in [-0.1, -0.05) is 11.6 Å². The van der Waals surface area contributed by atoms with Crippen molar-refractivity contribution in [3.63, 3.8) is 0 Å². The minimum atomic E-state index is 0.304. The van der Waals surface area contributed by atoms with Crippen molar-refractivity contribution in [2.75, 3.05) is 19.8 Å². The molecule has 0 saturated carbocycles. The number of ether oxygens (including phenoxy) is 1. The first-order valence-corrected chi connectivity index (χ1v) is 3.80. The van der Waals surface area contributed by atoms with Crippen LogP contribution in [0.15, 0.2) is 11.6 Å². The Hall–Kier alpha value is -0.340. The van der Waals surface area contributed by atoms with Gasteiger partial charge in [-0.05, 0) is 19.3 Å². The molecule has 0 spiro atoms. The van der Waals surface area contributed by atoms with Gasteiger partial charge in [0.05, 0.1) is 13.2 Å². The van der Waals surface area contributed by atoms with Crippen molar-refractivity contribution in [2.45, 2.75) is 19.3 Å². The van der Waals surface area contributed by atoms with Crippen LogP contribution < -0.4 is 0 Å². The largest absolute Gasteiger partial charge is 0.396 e. The lowest BCUT2D eigenvalue weighted by atomic mass is 10.1. The first-order valence-electron chi connectivity index (χ1n) is 3.80. The zero-order chi connectivity index (χ0) is 7.23. The summed E-state index contributed by atoms with van der Waals surface area (Å²) in [5.41, 5.74) is 1.44. The molecule has 0 amide bonds. The SMILES string of the molecule is OCCCC1=CCOCC1. The molecular formula is C8H14O2. The van der Waals surface area contributed by atoms with Crippen molar-refractivity contribution in [1.29, 1.82) is 0 Å². The van der Waals surface area contributed by atoms with E-state index in [-0.39, 0.29) is 0 Å². The van der Waals surface area contributed by atoms with Crippen LogP contribution in [0.2, 0.25) is 0 Å². The maximum atomic E-state index is 8.54. The second kappa shape index (κ2) is 4.47. The van der Waals surface area contributed by atoms with E-state index in [1.807, 2.05) is 0 Å². The van der Waals surface area contributed by atoms with Gasteiger partial charge in [0.25, 0.3) is 0 Å². The Labute approximate surface area is 61.5 Å². The molecule has 1 rings (SSSR count). The highest BCUT2D eigenvalue weighted by Crippen LogP contribution is 2.12. The Balaban J connectivity index is 2.18. The van der Waals surface area contributed by atoms with Crippen LogP contribution in [0.3, 0.4) is 0 Å². The maximum Gasteiger partial charge on any atom is 0.0650 e. The van der Waals surface area contributed by atoms with Crippen LogP contribution in [0.5, 0.6) is 0 Å². The molecule has 2 nitrogen and oxygen atoms in total. The van der Waals surface area contributed by atoms with E-state index >= 15 is 0 Å². The summed E-state index contributed by atoms with van der Waals surface area (Å²) in [5, 5.41) is 8.54. The average Bonchev–Trinajstić information content (AvgIpc) is 2.03. The molecule has 58 valence electrons. The summed E-state index contributed by atoms with van der Waals surface area (Å²) in [6.07, 6.45) is 5.12. The molecule has 0 aromatic heterocycles. The standard InChI is InChI=1S/C8H14O2/c9-5-1-2-8-3-6-10-7-4-8/h3,9H,1-2,4-7H2. The third-order valence-electron chi connectivity index (χ3n) is 1.71. The molecular weight excluding hydrogens is 128 g/mol. The molecule has 1 N–H and O–H groups in total. The van der Waals surface area contributed by atoms with E-state index in [4.69, 9.17) is 9.84 Å². The highest BCUT2D eigenvalue weighted by molar-refractivity contribution is 5.04. The smallest absolute Gasteiger partial charge is 0.0650 e. The first-order chi connectivity index (χ1) is 4.93. The third kappa shape index (κ3) is 2.50. The van der Waals surface area contributed by atoms with Gasteiger partial charge in [0, 0.05) is 6.61 Å². The molecule has 1 aliphatic rings. The van der Waals surface area contributed by atoms with E-state index in [0.717, 1.165) is 32.5 Å². The number of aliphatic hydroxyl groups is 1. The fourth-order valence-corrected chi connectivity index (χ4v) is 1.10. The molecule has 0 aliphatic carbocycles. The second-order valence-electron chi connectivity index (χ2n) is 2.51. The van der Waals surface area contributed by atoms with Crippen LogP contribution >= 0.6 is 0 Å². The lowest BCUT2D eigenvalue weighted by Gasteiger charge is -2.12. The van der Waals surface area contributed by atoms with Crippen LogP contribution in [0.1, 0.15) is 19.3 Å². The quantitative estimate of drug-likeness (QED) is 0.598. The van der Waals surface area contributed by atoms with E-state index in [0.29, 0.717) is 6.61 Å². The van der Waals surface area contributed by atoms with Gasteiger partial charge in [0.1, 0.15) is 0 Å². The zero-order valence-electron chi connectivity index (χ0n) is 6.18. The van der Waals surface area contributed by atoms with Gasteiger partial charge in [-0.25, -0.2) is 0 Å². The summed E-state index contributed by atoms with van der Waals surface area (Å²) in [5.74, 6) is 0. The Bertz CT molecular complexity index is 118. The monoisotopic (exact) mass is 142 g/mol. The average molecular weight is 142 g/mol. The van der Waals surface area contributed by atoms with Gasteiger partial charge in [0.15, 0.2) is 0 Å². The summed E-state index contributed by atoms with van der Waals surface area (Å²) >= 11 is 0. The molecule has 10 heavy (non-hydrogen) atoms. The predicted molar refractivity (Wildman–Crippen MR) is 39.8 cm³/mol. The lowest BCUT2D eigenvalue weighted by Crippen LogP contribution is -2.04. The molecule has 0 aromatic carbocycles. The van der Waals surface area contributed by atoms with Gasteiger partial charge in [-0.15, -0.1) is 0 Å². The molecule has 1 heterocycles. The highest BCUT2D eigenvalue weighted by atomic mass is 16.5. The number of aliphatic hydroxyl groups excluding tert-OH is 1. The fraction of sp³-hybridized carbons (Fsp3) is 0.750. The van der Waals surface area contributed by atoms with Crippen LogP contribution in [0.25, 0.3) is 0 Å². The minimum Gasteiger partial charge on any atom is -0.396 e. The van der Waals surface area contributed by atoms with E-state index in [2.05, 4.69) is 6.08 Å². The van der Waals surface area contributed by atoms with Crippen LogP contribution in [-0.4, -0.2) is 24.9 Å². The topological polar surface area (TPSA) is 29.5 Å². The Morgan fingerprint density at radius 3 is 3.10 bits per heavy atom. The van der Waals surface area contributed by atoms with E-state index in [1.165, 1.54) is 5.57 Å². The summed E-state index contributed by atoms with van der Waals surface area (Å²) in [6, 6.07) is 0. The van der Waals surface area contributed by atoms with Crippen molar-refractivity contribution in [3.05, 3.63) is 11.6 Å². The van der Waals surface area contributed by atoms with Crippen LogP contribution in [0, 0.1) is 0 Å². The molecule has 0 fully saturated rings. The first kappa shape index (κ1) is 7.76. The molecule has 0 aromatic rings. The molecule has 0 bridgehead atoms. The van der Waals surface area contributed by atoms with E-state index in [9.17, 15) is 0 Å². The summed E-state index contributed by atoms with van der Waals surface area (Å²) in [4.78, 5) is 0. The van der Waals surface area contributed by atoms with Crippen molar-refractivity contribution < 1.29 is 9.84 Å². The van der Waals surface area contributed by atoms with Crippen LogP contribution in [0.4, 0.5) is 0 Å². The van der Waals surface area contributed by atoms with Gasteiger partial charge in [-0.2, -0.15) is 0 Å². The molecule has 2 heteroatoms. The second-order valence-corrected chi connectivity index (χ2v) is 2.51. The van der Waals surface area contributed by atoms with Crippen molar-refractivity contribution in [3.8, 4) is 0 Å². The molecule has 0 saturated heterocycles. The predicted octanol–water partition coefficient (Wildman–Crippen LogP) is 1.11. The van der Waals surface area contributed by atoms with E-state index in [1.54, 1.807) is 0 Å². The van der Waals surface area contributed by atoms with Crippen LogP contribution in [-0.2, 0) is 4.74 Å². The van der Waals surface area contributed by atoms with Gasteiger partial charge < -0.3 is 9.84 Å². The Morgan fingerprint density at radius 1 is 1.60 bits per heavy atom. The van der Waals surface area contributed by atoms with E-state index < -0.39 is 0 Å². The zero-order valence-corrected chi connectivity index (χ0v) is 6.18. The number of rotatable bonds is 3. The van der Waals surface area contributed by atoms with Gasteiger partial charge in [0.2, 0.25) is 0 Å². The Kier molecular flexibility index (Phi) is 3.47.